The number of pyridine rings is 1. The Hall–Kier alpha value is -0.570. The lowest BCUT2D eigenvalue weighted by Crippen LogP contribution is -2.31. The van der Waals surface area contributed by atoms with Crippen molar-refractivity contribution in [1.82, 2.24) is 4.98 Å². The van der Waals surface area contributed by atoms with Crippen LogP contribution in [0.3, 0.4) is 0 Å². The van der Waals surface area contributed by atoms with Crippen molar-refractivity contribution >= 4 is 21.7 Å². The van der Waals surface area contributed by atoms with E-state index in [9.17, 15) is 0 Å². The average Bonchev–Trinajstić information content (AvgIpc) is 2.16. The van der Waals surface area contributed by atoms with Gasteiger partial charge in [-0.2, -0.15) is 0 Å². The van der Waals surface area contributed by atoms with Gasteiger partial charge in [0.15, 0.2) is 0 Å². The third kappa shape index (κ3) is 2.44. The van der Waals surface area contributed by atoms with Crippen LogP contribution in [0.1, 0.15) is 12.5 Å². The fourth-order valence-electron chi connectivity index (χ4n) is 1.16. The van der Waals surface area contributed by atoms with E-state index in [1.54, 1.807) is 0 Å². The first-order valence-corrected chi connectivity index (χ1v) is 5.49. The molecule has 0 saturated heterocycles. The summed E-state index contributed by atoms with van der Waals surface area (Å²) in [7, 11) is 2.07. The summed E-state index contributed by atoms with van der Waals surface area (Å²) in [4.78, 5) is 6.54. The normalized spacial score (nSPS) is 12.6. The van der Waals surface area contributed by atoms with E-state index in [0.717, 1.165) is 11.1 Å². The van der Waals surface area contributed by atoms with Crippen LogP contribution in [0.4, 0.5) is 5.82 Å². The third-order valence-corrected chi connectivity index (χ3v) is 3.14. The van der Waals surface area contributed by atoms with Crippen LogP contribution in [-0.2, 0) is 0 Å². The summed E-state index contributed by atoms with van der Waals surface area (Å²) in [6.45, 7) is 4.25. The Kier molecular flexibility index (Phi) is 3.72. The minimum absolute atomic E-state index is 0.466. The van der Waals surface area contributed by atoms with Crippen molar-refractivity contribution in [2.45, 2.75) is 19.9 Å². The third-order valence-electron chi connectivity index (χ3n) is 2.20. The van der Waals surface area contributed by atoms with Gasteiger partial charge in [0.1, 0.15) is 5.82 Å². The summed E-state index contributed by atoms with van der Waals surface area (Å²) in [5.74, 6) is 1.06. The van der Waals surface area contributed by atoms with Crippen molar-refractivity contribution in [3.63, 3.8) is 0 Å². The van der Waals surface area contributed by atoms with Crippen molar-refractivity contribution in [2.75, 3.05) is 17.3 Å². The average molecular weight is 243 g/mol. The van der Waals surface area contributed by atoms with Crippen LogP contribution in [0, 0.1) is 6.92 Å². The molecule has 0 N–H and O–H groups in total. The second-order valence-electron chi connectivity index (χ2n) is 3.26. The predicted molar refractivity (Wildman–Crippen MR) is 60.6 cm³/mol. The zero-order chi connectivity index (χ0) is 9.84. The van der Waals surface area contributed by atoms with Gasteiger partial charge in [0.2, 0.25) is 0 Å². The molecule has 13 heavy (non-hydrogen) atoms. The molecule has 0 amide bonds. The Morgan fingerprint density at radius 1 is 1.62 bits per heavy atom. The minimum Gasteiger partial charge on any atom is -0.356 e. The molecule has 2 nitrogen and oxygen atoms in total. The number of hydrogen-bond donors (Lipinski definition) is 0. The van der Waals surface area contributed by atoms with E-state index in [1.165, 1.54) is 5.56 Å². The molecule has 3 heteroatoms. The number of rotatable bonds is 3. The first-order valence-electron chi connectivity index (χ1n) is 4.37. The zero-order valence-electron chi connectivity index (χ0n) is 8.29. The number of halogens is 1. The van der Waals surface area contributed by atoms with Crippen LogP contribution in [0.2, 0.25) is 0 Å². The fourth-order valence-corrected chi connectivity index (χ4v) is 1.59. The summed E-state index contributed by atoms with van der Waals surface area (Å²) >= 11 is 3.47. The van der Waals surface area contributed by atoms with Crippen molar-refractivity contribution in [1.29, 1.82) is 0 Å². The highest BCUT2D eigenvalue weighted by Gasteiger charge is 2.10. The molecule has 72 valence electrons. The van der Waals surface area contributed by atoms with Crippen molar-refractivity contribution < 1.29 is 0 Å². The van der Waals surface area contributed by atoms with Crippen LogP contribution < -0.4 is 4.90 Å². The standard InChI is InChI=1S/C10H15BrN2/c1-8-5-4-6-12-10(8)13(3)9(2)7-11/h4-6,9H,7H2,1-3H3. The van der Waals surface area contributed by atoms with E-state index in [0.29, 0.717) is 6.04 Å². The highest BCUT2D eigenvalue weighted by molar-refractivity contribution is 9.09. The highest BCUT2D eigenvalue weighted by Crippen LogP contribution is 2.17. The van der Waals surface area contributed by atoms with Crippen LogP contribution in [0.5, 0.6) is 0 Å². The maximum Gasteiger partial charge on any atom is 0.131 e. The van der Waals surface area contributed by atoms with E-state index in [2.05, 4.69) is 52.8 Å². The summed E-state index contributed by atoms with van der Waals surface area (Å²) in [6.07, 6.45) is 1.83. The number of anilines is 1. The van der Waals surface area contributed by atoms with E-state index in [4.69, 9.17) is 0 Å². The Morgan fingerprint density at radius 3 is 2.85 bits per heavy atom. The molecule has 1 heterocycles. The number of aryl methyl sites for hydroxylation is 1. The van der Waals surface area contributed by atoms with Gasteiger partial charge >= 0.3 is 0 Å². The Morgan fingerprint density at radius 2 is 2.31 bits per heavy atom. The van der Waals surface area contributed by atoms with Gasteiger partial charge in [-0.1, -0.05) is 22.0 Å². The quantitative estimate of drug-likeness (QED) is 0.758. The Bertz CT molecular complexity index is 275. The molecule has 0 saturated carbocycles. The molecule has 0 spiro atoms. The lowest BCUT2D eigenvalue weighted by Gasteiger charge is -2.25. The molecule has 0 aromatic carbocycles. The van der Waals surface area contributed by atoms with Crippen LogP contribution in [0.25, 0.3) is 0 Å². The second kappa shape index (κ2) is 4.61. The van der Waals surface area contributed by atoms with Gasteiger partial charge in [0.25, 0.3) is 0 Å². The SMILES string of the molecule is Cc1cccnc1N(C)C(C)CBr. The lowest BCUT2D eigenvalue weighted by molar-refractivity contribution is 0.754. The molecular weight excluding hydrogens is 228 g/mol. The van der Waals surface area contributed by atoms with Gasteiger partial charge in [-0.25, -0.2) is 4.98 Å². The molecule has 1 unspecified atom stereocenters. The highest BCUT2D eigenvalue weighted by atomic mass is 79.9. The zero-order valence-corrected chi connectivity index (χ0v) is 9.87. The number of aromatic nitrogens is 1. The number of hydrogen-bond acceptors (Lipinski definition) is 2. The molecule has 0 aliphatic heterocycles. The monoisotopic (exact) mass is 242 g/mol. The van der Waals surface area contributed by atoms with Crippen molar-refractivity contribution in [3.05, 3.63) is 23.9 Å². The van der Waals surface area contributed by atoms with Gasteiger partial charge in [0.05, 0.1) is 0 Å². The summed E-state index contributed by atoms with van der Waals surface area (Å²) in [5.41, 5.74) is 1.22. The van der Waals surface area contributed by atoms with Crippen LogP contribution >= 0.6 is 15.9 Å². The maximum atomic E-state index is 4.35. The molecule has 0 aliphatic carbocycles. The molecular formula is C10H15BrN2. The van der Waals surface area contributed by atoms with E-state index >= 15 is 0 Å². The molecule has 0 radical (unpaired) electrons. The van der Waals surface area contributed by atoms with Crippen molar-refractivity contribution in [3.8, 4) is 0 Å². The fraction of sp³-hybridized carbons (Fsp3) is 0.500. The molecule has 1 aromatic rings. The van der Waals surface area contributed by atoms with E-state index in [-0.39, 0.29) is 0 Å². The van der Waals surface area contributed by atoms with E-state index in [1.807, 2.05) is 12.3 Å². The van der Waals surface area contributed by atoms with Crippen molar-refractivity contribution in [2.24, 2.45) is 0 Å². The Labute approximate surface area is 88.1 Å². The summed E-state index contributed by atoms with van der Waals surface area (Å²) in [6, 6.07) is 4.51. The Balaban J connectivity index is 2.88. The summed E-state index contributed by atoms with van der Waals surface area (Å²) < 4.78 is 0. The first kappa shape index (κ1) is 10.5. The topological polar surface area (TPSA) is 16.1 Å². The van der Waals surface area contributed by atoms with Gasteiger partial charge in [0, 0.05) is 24.6 Å². The number of alkyl halides is 1. The number of nitrogens with zero attached hydrogens (tertiary/aromatic N) is 2. The predicted octanol–water partition coefficient (Wildman–Crippen LogP) is 2.61. The summed E-state index contributed by atoms with van der Waals surface area (Å²) in [5, 5.41) is 0.958. The van der Waals surface area contributed by atoms with Gasteiger partial charge in [-0.05, 0) is 25.5 Å². The first-order chi connectivity index (χ1) is 6.16. The lowest BCUT2D eigenvalue weighted by atomic mass is 10.2. The molecule has 1 atom stereocenters. The minimum atomic E-state index is 0.466. The van der Waals surface area contributed by atoms with Crippen LogP contribution in [0.15, 0.2) is 18.3 Å². The molecule has 1 rings (SSSR count). The smallest absolute Gasteiger partial charge is 0.131 e. The molecule has 0 aliphatic rings. The van der Waals surface area contributed by atoms with Crippen LogP contribution in [-0.4, -0.2) is 23.4 Å². The van der Waals surface area contributed by atoms with E-state index < -0.39 is 0 Å². The second-order valence-corrected chi connectivity index (χ2v) is 3.91. The molecule has 1 aromatic heterocycles. The van der Waals surface area contributed by atoms with Gasteiger partial charge in [-0.3, -0.25) is 0 Å². The largest absolute Gasteiger partial charge is 0.356 e. The molecule has 0 bridgehead atoms. The van der Waals surface area contributed by atoms with Gasteiger partial charge in [-0.15, -0.1) is 0 Å². The maximum absolute atomic E-state index is 4.35. The van der Waals surface area contributed by atoms with Gasteiger partial charge < -0.3 is 4.90 Å². The molecule has 0 fully saturated rings.